The summed E-state index contributed by atoms with van der Waals surface area (Å²) in [4.78, 5) is 0. The minimum absolute atomic E-state index is 0.0228. The first kappa shape index (κ1) is 24.8. The Hall–Kier alpha value is -1.49. The van der Waals surface area contributed by atoms with Gasteiger partial charge in [-0.05, 0) is 62.4 Å². The van der Waals surface area contributed by atoms with Gasteiger partial charge >= 0.3 is 0 Å². The van der Waals surface area contributed by atoms with Gasteiger partial charge in [-0.1, -0.05) is 50.0 Å². The Balaban J connectivity index is 2.16. The lowest BCUT2D eigenvalue weighted by atomic mass is 9.82. The number of halogens is 3. The molecule has 30 heavy (non-hydrogen) atoms. The molecular weight excluding hydrogens is 424 g/mol. The van der Waals surface area contributed by atoms with Crippen LogP contribution in [0.25, 0.3) is 0 Å². The van der Waals surface area contributed by atoms with Crippen molar-refractivity contribution in [1.29, 1.82) is 0 Å². The summed E-state index contributed by atoms with van der Waals surface area (Å²) in [6.07, 6.45) is 1.03. The highest BCUT2D eigenvalue weighted by Gasteiger charge is 2.25. The molecule has 0 fully saturated rings. The zero-order valence-corrected chi connectivity index (χ0v) is 20.2. The third-order valence-corrected chi connectivity index (χ3v) is 5.13. The molecule has 0 spiro atoms. The van der Waals surface area contributed by atoms with Gasteiger partial charge in [-0.25, -0.2) is 4.39 Å². The van der Waals surface area contributed by atoms with E-state index in [-0.39, 0.29) is 23.4 Å². The van der Waals surface area contributed by atoms with E-state index in [1.807, 2.05) is 19.1 Å². The van der Waals surface area contributed by atoms with Gasteiger partial charge in [0.05, 0.1) is 16.7 Å². The first-order valence-electron chi connectivity index (χ1n) is 10.2. The molecule has 3 nitrogen and oxygen atoms in total. The SMILES string of the molecule is CCOc1cc(CNC(C)(C)CC(C)(C)C)cc(Cl)c1OCc1ccc(F)cc1Cl. The maximum atomic E-state index is 13.3. The van der Waals surface area contributed by atoms with Gasteiger partial charge in [0.1, 0.15) is 12.4 Å². The molecule has 0 saturated heterocycles. The summed E-state index contributed by atoms with van der Waals surface area (Å²) in [5.41, 5.74) is 1.89. The molecule has 0 radical (unpaired) electrons. The summed E-state index contributed by atoms with van der Waals surface area (Å²) >= 11 is 12.6. The fourth-order valence-corrected chi connectivity index (χ4v) is 4.15. The van der Waals surface area contributed by atoms with Crippen molar-refractivity contribution in [2.75, 3.05) is 6.61 Å². The van der Waals surface area contributed by atoms with Crippen molar-refractivity contribution >= 4 is 23.2 Å². The van der Waals surface area contributed by atoms with Gasteiger partial charge < -0.3 is 14.8 Å². The minimum atomic E-state index is -0.386. The van der Waals surface area contributed by atoms with Gasteiger partial charge in [0, 0.05) is 17.6 Å². The number of benzene rings is 2. The first-order valence-corrected chi connectivity index (χ1v) is 10.9. The molecule has 166 valence electrons. The maximum Gasteiger partial charge on any atom is 0.180 e. The predicted octanol–water partition coefficient (Wildman–Crippen LogP) is 7.41. The molecule has 0 bridgehead atoms. The highest BCUT2D eigenvalue weighted by molar-refractivity contribution is 6.32. The van der Waals surface area contributed by atoms with Crippen molar-refractivity contribution in [3.63, 3.8) is 0 Å². The van der Waals surface area contributed by atoms with E-state index in [0.29, 0.717) is 40.3 Å². The molecule has 0 aromatic heterocycles. The zero-order chi connectivity index (χ0) is 22.5. The molecule has 1 N–H and O–H groups in total. The maximum absolute atomic E-state index is 13.3. The van der Waals surface area contributed by atoms with Gasteiger partial charge in [-0.2, -0.15) is 0 Å². The van der Waals surface area contributed by atoms with E-state index < -0.39 is 0 Å². The number of hydrogen-bond donors (Lipinski definition) is 1. The van der Waals surface area contributed by atoms with Crippen molar-refractivity contribution in [3.05, 3.63) is 57.3 Å². The summed E-state index contributed by atoms with van der Waals surface area (Å²) in [5.74, 6) is 0.647. The lowest BCUT2D eigenvalue weighted by Crippen LogP contribution is -2.41. The van der Waals surface area contributed by atoms with Gasteiger partial charge in [0.25, 0.3) is 0 Å². The van der Waals surface area contributed by atoms with E-state index in [1.54, 1.807) is 6.07 Å². The third-order valence-electron chi connectivity index (χ3n) is 4.50. The van der Waals surface area contributed by atoms with Gasteiger partial charge in [0.15, 0.2) is 11.5 Å². The average Bonchev–Trinajstić information content (AvgIpc) is 2.59. The van der Waals surface area contributed by atoms with Crippen LogP contribution in [-0.2, 0) is 13.2 Å². The van der Waals surface area contributed by atoms with Crippen LogP contribution in [0.15, 0.2) is 30.3 Å². The Morgan fingerprint density at radius 1 is 0.967 bits per heavy atom. The van der Waals surface area contributed by atoms with Crippen molar-refractivity contribution in [3.8, 4) is 11.5 Å². The average molecular weight is 456 g/mol. The van der Waals surface area contributed by atoms with Crippen LogP contribution < -0.4 is 14.8 Å². The van der Waals surface area contributed by atoms with Gasteiger partial charge in [-0.15, -0.1) is 0 Å². The second kappa shape index (κ2) is 10.2. The molecule has 0 aliphatic heterocycles. The largest absolute Gasteiger partial charge is 0.490 e. The zero-order valence-electron chi connectivity index (χ0n) is 18.7. The van der Waals surface area contributed by atoms with E-state index in [2.05, 4.69) is 39.9 Å². The summed E-state index contributed by atoms with van der Waals surface area (Å²) in [6, 6.07) is 8.04. The number of rotatable bonds is 9. The van der Waals surface area contributed by atoms with Crippen LogP contribution in [0.2, 0.25) is 10.0 Å². The molecule has 0 atom stereocenters. The van der Waals surface area contributed by atoms with Crippen LogP contribution in [0.1, 0.15) is 59.1 Å². The topological polar surface area (TPSA) is 30.5 Å². The van der Waals surface area contributed by atoms with Crippen molar-refractivity contribution in [2.24, 2.45) is 5.41 Å². The smallest absolute Gasteiger partial charge is 0.180 e. The summed E-state index contributed by atoms with van der Waals surface area (Å²) in [7, 11) is 0. The predicted molar refractivity (Wildman–Crippen MR) is 123 cm³/mol. The third kappa shape index (κ3) is 7.64. The van der Waals surface area contributed by atoms with Crippen LogP contribution in [0.3, 0.4) is 0 Å². The highest BCUT2D eigenvalue weighted by Crippen LogP contribution is 2.38. The van der Waals surface area contributed by atoms with E-state index in [0.717, 1.165) is 12.0 Å². The molecule has 0 unspecified atom stereocenters. The van der Waals surface area contributed by atoms with Crippen LogP contribution in [0, 0.1) is 11.2 Å². The normalized spacial score (nSPS) is 12.2. The van der Waals surface area contributed by atoms with E-state index >= 15 is 0 Å². The van der Waals surface area contributed by atoms with Crippen molar-refractivity contribution in [1.82, 2.24) is 5.32 Å². The Morgan fingerprint density at radius 3 is 2.27 bits per heavy atom. The van der Waals surface area contributed by atoms with Gasteiger partial charge in [-0.3, -0.25) is 0 Å². The van der Waals surface area contributed by atoms with Crippen molar-refractivity contribution in [2.45, 2.75) is 66.7 Å². The molecular formula is C24H32Cl2FNO2. The van der Waals surface area contributed by atoms with Gasteiger partial charge in [0.2, 0.25) is 0 Å². The monoisotopic (exact) mass is 455 g/mol. The molecule has 0 aliphatic carbocycles. The molecule has 0 amide bonds. The van der Waals surface area contributed by atoms with E-state index in [1.165, 1.54) is 12.1 Å². The van der Waals surface area contributed by atoms with E-state index in [9.17, 15) is 4.39 Å². The second-order valence-corrected chi connectivity index (χ2v) is 10.2. The fourth-order valence-electron chi connectivity index (χ4n) is 3.64. The van der Waals surface area contributed by atoms with Crippen molar-refractivity contribution < 1.29 is 13.9 Å². The number of ether oxygens (including phenoxy) is 2. The summed E-state index contributed by atoms with van der Waals surface area (Å²) < 4.78 is 24.9. The molecule has 0 aliphatic rings. The minimum Gasteiger partial charge on any atom is -0.490 e. The Labute approximate surface area is 189 Å². The molecule has 2 aromatic rings. The quantitative estimate of drug-likeness (QED) is 0.426. The number of hydrogen-bond acceptors (Lipinski definition) is 3. The van der Waals surface area contributed by atoms with Crippen LogP contribution in [0.5, 0.6) is 11.5 Å². The Bertz CT molecular complexity index is 863. The van der Waals surface area contributed by atoms with Crippen LogP contribution in [-0.4, -0.2) is 12.1 Å². The highest BCUT2D eigenvalue weighted by atomic mass is 35.5. The lowest BCUT2D eigenvalue weighted by Gasteiger charge is -2.33. The summed E-state index contributed by atoms with van der Waals surface area (Å²) in [5, 5.41) is 4.38. The van der Waals surface area contributed by atoms with E-state index in [4.69, 9.17) is 32.7 Å². The second-order valence-electron chi connectivity index (χ2n) is 9.34. The first-order chi connectivity index (χ1) is 13.9. The fraction of sp³-hybridized carbons (Fsp3) is 0.500. The molecule has 6 heteroatoms. The Morgan fingerprint density at radius 2 is 1.67 bits per heavy atom. The summed E-state index contributed by atoms with van der Waals surface area (Å²) in [6.45, 7) is 14.3. The van der Waals surface area contributed by atoms with Crippen LogP contribution in [0.4, 0.5) is 4.39 Å². The molecule has 0 heterocycles. The molecule has 0 saturated carbocycles. The Kier molecular flexibility index (Phi) is 8.43. The molecule has 2 aromatic carbocycles. The lowest BCUT2D eigenvalue weighted by molar-refractivity contribution is 0.240. The van der Waals surface area contributed by atoms with Crippen LogP contribution >= 0.6 is 23.2 Å². The number of nitrogens with one attached hydrogen (secondary N) is 1. The standard InChI is InChI=1S/C24H32Cl2FNO2/c1-7-29-21-11-16(13-28-24(5,6)15-23(2,3)4)10-20(26)22(21)30-14-17-8-9-18(27)12-19(17)25/h8-12,28H,7,13-15H2,1-6H3. The molecule has 2 rings (SSSR count).